The molecule has 1 heteroatoms. The molecule has 0 rings (SSSR count). The van der Waals surface area contributed by atoms with Crippen molar-refractivity contribution < 1.29 is 0 Å². The summed E-state index contributed by atoms with van der Waals surface area (Å²) in [5.74, 6) is 0. The van der Waals surface area contributed by atoms with E-state index in [2.05, 4.69) is 39.3 Å². The molecule has 0 radical (unpaired) electrons. The van der Waals surface area contributed by atoms with Crippen LogP contribution >= 0.6 is 0 Å². The highest BCUT2D eigenvalue weighted by Crippen LogP contribution is 2.10. The van der Waals surface area contributed by atoms with Crippen LogP contribution in [0.15, 0.2) is 17.1 Å². The number of rotatable bonds is 5. The average molecular weight is 167 g/mol. The lowest BCUT2D eigenvalue weighted by Crippen LogP contribution is -2.06. The fraction of sp³-hybridized carbons (Fsp3) is 0.727. The summed E-state index contributed by atoms with van der Waals surface area (Å²) in [4.78, 5) is 4.61. The highest BCUT2D eigenvalue weighted by molar-refractivity contribution is 5.81. The predicted molar refractivity (Wildman–Crippen MR) is 56.9 cm³/mol. The summed E-state index contributed by atoms with van der Waals surface area (Å²) < 4.78 is 0. The maximum atomic E-state index is 4.61. The first-order valence-electron chi connectivity index (χ1n) is 4.77. The van der Waals surface area contributed by atoms with Crippen LogP contribution in [0.3, 0.4) is 0 Å². The molecular weight excluding hydrogens is 146 g/mol. The topological polar surface area (TPSA) is 12.4 Å². The Bertz CT molecular complexity index is 168. The van der Waals surface area contributed by atoms with Gasteiger partial charge in [0.1, 0.15) is 0 Å². The minimum atomic E-state index is 0.461. The molecule has 70 valence electrons. The van der Waals surface area contributed by atoms with Crippen molar-refractivity contribution in [1.82, 2.24) is 0 Å². The SMILES string of the molecule is C=C(C)C[C@@H](CC)N=C(C)CC. The number of nitrogens with zero attached hydrogens (tertiary/aromatic N) is 1. The van der Waals surface area contributed by atoms with Crippen molar-refractivity contribution >= 4 is 5.71 Å². The maximum absolute atomic E-state index is 4.61. The van der Waals surface area contributed by atoms with E-state index < -0.39 is 0 Å². The number of aliphatic imine (C=N–C) groups is 1. The van der Waals surface area contributed by atoms with E-state index >= 15 is 0 Å². The molecule has 0 aromatic rings. The molecule has 0 N–H and O–H groups in total. The van der Waals surface area contributed by atoms with Crippen LogP contribution in [-0.2, 0) is 0 Å². The average Bonchev–Trinajstić information content (AvgIpc) is 2.02. The second-order valence-corrected chi connectivity index (χ2v) is 3.44. The zero-order valence-electron chi connectivity index (χ0n) is 8.85. The van der Waals surface area contributed by atoms with Gasteiger partial charge < -0.3 is 0 Å². The zero-order chi connectivity index (χ0) is 9.56. The van der Waals surface area contributed by atoms with Gasteiger partial charge >= 0.3 is 0 Å². The first-order valence-corrected chi connectivity index (χ1v) is 4.77. The van der Waals surface area contributed by atoms with Crippen LogP contribution < -0.4 is 0 Å². The molecule has 0 spiro atoms. The van der Waals surface area contributed by atoms with Gasteiger partial charge in [-0.15, -0.1) is 6.58 Å². The third kappa shape index (κ3) is 5.11. The van der Waals surface area contributed by atoms with E-state index in [9.17, 15) is 0 Å². The third-order valence-corrected chi connectivity index (χ3v) is 1.97. The Kier molecular flexibility index (Phi) is 5.69. The van der Waals surface area contributed by atoms with E-state index in [1.165, 1.54) is 11.3 Å². The second-order valence-electron chi connectivity index (χ2n) is 3.44. The Morgan fingerprint density at radius 2 is 1.92 bits per heavy atom. The van der Waals surface area contributed by atoms with E-state index in [-0.39, 0.29) is 0 Å². The van der Waals surface area contributed by atoms with Crippen molar-refractivity contribution in [1.29, 1.82) is 0 Å². The van der Waals surface area contributed by atoms with Gasteiger partial charge in [-0.3, -0.25) is 4.99 Å². The molecule has 0 aromatic carbocycles. The molecule has 0 aromatic heterocycles. The predicted octanol–water partition coefficient (Wildman–Crippen LogP) is 3.60. The molecule has 0 fully saturated rings. The lowest BCUT2D eigenvalue weighted by Gasteiger charge is -2.10. The molecule has 0 saturated carbocycles. The molecule has 12 heavy (non-hydrogen) atoms. The highest BCUT2D eigenvalue weighted by Gasteiger charge is 2.03. The molecular formula is C11H21N. The van der Waals surface area contributed by atoms with Crippen LogP contribution in [0.1, 0.15) is 47.0 Å². The van der Waals surface area contributed by atoms with Gasteiger partial charge in [0.15, 0.2) is 0 Å². The Hall–Kier alpha value is -0.590. The second kappa shape index (κ2) is 5.99. The van der Waals surface area contributed by atoms with Crippen molar-refractivity contribution in [3.05, 3.63) is 12.2 Å². The molecule has 0 aliphatic carbocycles. The molecule has 0 bridgehead atoms. The lowest BCUT2D eigenvalue weighted by atomic mass is 10.1. The van der Waals surface area contributed by atoms with Gasteiger partial charge in [-0.05, 0) is 33.1 Å². The first-order chi connectivity index (χ1) is 5.60. The van der Waals surface area contributed by atoms with Crippen LogP contribution in [0.5, 0.6) is 0 Å². The van der Waals surface area contributed by atoms with Crippen LogP contribution in [0.25, 0.3) is 0 Å². The minimum Gasteiger partial charge on any atom is -0.291 e. The van der Waals surface area contributed by atoms with Gasteiger partial charge in [0, 0.05) is 5.71 Å². The molecule has 0 heterocycles. The summed E-state index contributed by atoms with van der Waals surface area (Å²) in [7, 11) is 0. The standard InChI is InChI=1S/C11H21N/c1-6-10(5)12-11(7-2)8-9(3)4/h11H,3,6-8H2,1-2,4-5H3/t11-/m1/s1. The van der Waals surface area contributed by atoms with E-state index in [1.54, 1.807) is 0 Å². The van der Waals surface area contributed by atoms with E-state index in [0.717, 1.165) is 19.3 Å². The molecule has 1 atom stereocenters. The quantitative estimate of drug-likeness (QED) is 0.438. The number of hydrogen-bond donors (Lipinski definition) is 0. The minimum absolute atomic E-state index is 0.461. The molecule has 0 amide bonds. The monoisotopic (exact) mass is 167 g/mol. The lowest BCUT2D eigenvalue weighted by molar-refractivity contribution is 0.644. The van der Waals surface area contributed by atoms with Gasteiger partial charge in [-0.2, -0.15) is 0 Å². The van der Waals surface area contributed by atoms with Crippen LogP contribution in [-0.4, -0.2) is 11.8 Å². The Balaban J connectivity index is 4.07. The fourth-order valence-electron chi connectivity index (χ4n) is 1.09. The normalized spacial score (nSPS) is 14.5. The summed E-state index contributed by atoms with van der Waals surface area (Å²) in [5, 5.41) is 0. The number of hydrogen-bond acceptors (Lipinski definition) is 1. The third-order valence-electron chi connectivity index (χ3n) is 1.97. The van der Waals surface area contributed by atoms with Crippen LogP contribution in [0.2, 0.25) is 0 Å². The Morgan fingerprint density at radius 3 is 2.25 bits per heavy atom. The van der Waals surface area contributed by atoms with Gasteiger partial charge in [0.2, 0.25) is 0 Å². The molecule has 0 saturated heterocycles. The van der Waals surface area contributed by atoms with Gasteiger partial charge in [0.25, 0.3) is 0 Å². The highest BCUT2D eigenvalue weighted by atomic mass is 14.8. The van der Waals surface area contributed by atoms with Crippen molar-refractivity contribution in [2.75, 3.05) is 0 Å². The van der Waals surface area contributed by atoms with Gasteiger partial charge in [0.05, 0.1) is 6.04 Å². The molecule has 0 aliphatic heterocycles. The summed E-state index contributed by atoms with van der Waals surface area (Å²) >= 11 is 0. The van der Waals surface area contributed by atoms with Crippen molar-refractivity contribution in [2.45, 2.75) is 53.0 Å². The Labute approximate surface area is 76.6 Å². The fourth-order valence-corrected chi connectivity index (χ4v) is 1.09. The largest absolute Gasteiger partial charge is 0.291 e. The smallest absolute Gasteiger partial charge is 0.0533 e. The van der Waals surface area contributed by atoms with Crippen molar-refractivity contribution in [2.24, 2.45) is 4.99 Å². The zero-order valence-corrected chi connectivity index (χ0v) is 8.85. The Morgan fingerprint density at radius 1 is 1.33 bits per heavy atom. The van der Waals surface area contributed by atoms with Gasteiger partial charge in [-0.25, -0.2) is 0 Å². The summed E-state index contributed by atoms with van der Waals surface area (Å²) in [6, 6.07) is 0.461. The molecule has 0 aliphatic rings. The van der Waals surface area contributed by atoms with Crippen LogP contribution in [0.4, 0.5) is 0 Å². The molecule has 1 nitrogen and oxygen atoms in total. The van der Waals surface area contributed by atoms with E-state index in [0.29, 0.717) is 6.04 Å². The molecule has 0 unspecified atom stereocenters. The summed E-state index contributed by atoms with van der Waals surface area (Å²) in [5.41, 5.74) is 2.48. The maximum Gasteiger partial charge on any atom is 0.0533 e. The summed E-state index contributed by atoms with van der Waals surface area (Å²) in [6.07, 6.45) is 3.21. The van der Waals surface area contributed by atoms with Gasteiger partial charge in [-0.1, -0.05) is 19.4 Å². The van der Waals surface area contributed by atoms with Crippen molar-refractivity contribution in [3.8, 4) is 0 Å². The van der Waals surface area contributed by atoms with E-state index in [1.807, 2.05) is 0 Å². The van der Waals surface area contributed by atoms with Crippen LogP contribution in [0, 0.1) is 0 Å². The van der Waals surface area contributed by atoms with E-state index in [4.69, 9.17) is 0 Å². The van der Waals surface area contributed by atoms with Crippen molar-refractivity contribution in [3.63, 3.8) is 0 Å². The summed E-state index contributed by atoms with van der Waals surface area (Å²) in [6.45, 7) is 12.4. The first kappa shape index (κ1) is 11.4.